The second kappa shape index (κ2) is 6.32. The first-order valence-corrected chi connectivity index (χ1v) is 8.53. The lowest BCUT2D eigenvalue weighted by atomic mass is 10.1. The Labute approximate surface area is 128 Å². The van der Waals surface area contributed by atoms with Gasteiger partial charge in [-0.05, 0) is 18.2 Å². The number of amides is 3. The summed E-state index contributed by atoms with van der Waals surface area (Å²) in [6.07, 6.45) is 1.16. The topological polar surface area (TPSA) is 113 Å². The van der Waals surface area contributed by atoms with Gasteiger partial charge in [-0.15, -0.1) is 0 Å². The van der Waals surface area contributed by atoms with E-state index in [0.29, 0.717) is 24.3 Å². The van der Waals surface area contributed by atoms with E-state index >= 15 is 0 Å². The lowest BCUT2D eigenvalue weighted by Gasteiger charge is -2.33. The third-order valence-electron chi connectivity index (χ3n) is 3.37. The van der Waals surface area contributed by atoms with Gasteiger partial charge in [0.25, 0.3) is 5.91 Å². The molecular weight excluding hydrogens is 308 g/mol. The van der Waals surface area contributed by atoms with Crippen LogP contribution in [-0.4, -0.2) is 62.0 Å². The molecule has 1 aliphatic rings. The molecule has 0 radical (unpaired) electrons. The zero-order valence-corrected chi connectivity index (χ0v) is 13.0. The SMILES string of the molecule is CS(=O)(=O)N1CCN(C(=O)c2cccc(NC(N)=O)c2)CC1. The van der Waals surface area contributed by atoms with Gasteiger partial charge in [-0.3, -0.25) is 4.79 Å². The summed E-state index contributed by atoms with van der Waals surface area (Å²) in [6, 6.07) is 5.74. The Morgan fingerprint density at radius 2 is 1.82 bits per heavy atom. The number of hydrogen-bond acceptors (Lipinski definition) is 4. The molecule has 1 aromatic carbocycles. The number of rotatable bonds is 3. The van der Waals surface area contributed by atoms with E-state index in [2.05, 4.69) is 5.32 Å². The van der Waals surface area contributed by atoms with Gasteiger partial charge >= 0.3 is 6.03 Å². The third kappa shape index (κ3) is 3.95. The highest BCUT2D eigenvalue weighted by atomic mass is 32.2. The molecule has 1 saturated heterocycles. The minimum absolute atomic E-state index is 0.207. The van der Waals surface area contributed by atoms with E-state index in [1.807, 2.05) is 0 Å². The monoisotopic (exact) mass is 326 g/mol. The minimum atomic E-state index is -3.23. The first kappa shape index (κ1) is 16.2. The van der Waals surface area contributed by atoms with Gasteiger partial charge in [-0.1, -0.05) is 6.07 Å². The number of benzene rings is 1. The summed E-state index contributed by atoms with van der Waals surface area (Å²) in [5, 5.41) is 2.41. The summed E-state index contributed by atoms with van der Waals surface area (Å²) in [7, 11) is -3.23. The highest BCUT2D eigenvalue weighted by Gasteiger charge is 2.26. The number of urea groups is 1. The average Bonchev–Trinajstić information content (AvgIpc) is 2.45. The van der Waals surface area contributed by atoms with Crippen molar-refractivity contribution in [3.8, 4) is 0 Å². The number of anilines is 1. The molecule has 1 fully saturated rings. The van der Waals surface area contributed by atoms with Gasteiger partial charge in [0.2, 0.25) is 10.0 Å². The van der Waals surface area contributed by atoms with Crippen molar-refractivity contribution >= 4 is 27.6 Å². The van der Waals surface area contributed by atoms with Crippen molar-refractivity contribution in [3.63, 3.8) is 0 Å². The maximum absolute atomic E-state index is 12.4. The van der Waals surface area contributed by atoms with Gasteiger partial charge in [-0.2, -0.15) is 4.31 Å². The van der Waals surface area contributed by atoms with E-state index in [1.54, 1.807) is 23.1 Å². The quantitative estimate of drug-likeness (QED) is 0.807. The van der Waals surface area contributed by atoms with Crippen LogP contribution in [0, 0.1) is 0 Å². The molecule has 8 nitrogen and oxygen atoms in total. The van der Waals surface area contributed by atoms with Crippen LogP contribution in [-0.2, 0) is 10.0 Å². The van der Waals surface area contributed by atoms with Crippen LogP contribution in [0.1, 0.15) is 10.4 Å². The van der Waals surface area contributed by atoms with Gasteiger partial charge in [0.1, 0.15) is 0 Å². The fourth-order valence-corrected chi connectivity index (χ4v) is 3.10. The summed E-state index contributed by atoms with van der Waals surface area (Å²) in [5.41, 5.74) is 5.90. The zero-order chi connectivity index (χ0) is 16.3. The van der Waals surface area contributed by atoms with E-state index in [0.717, 1.165) is 6.26 Å². The van der Waals surface area contributed by atoms with Crippen LogP contribution in [0.3, 0.4) is 0 Å². The molecule has 0 aliphatic carbocycles. The van der Waals surface area contributed by atoms with Gasteiger partial charge in [0.15, 0.2) is 0 Å². The standard InChI is InChI=1S/C13H18N4O4S/c1-22(20,21)17-7-5-16(6-8-17)12(18)10-3-2-4-11(9-10)15-13(14)19/h2-4,9H,5-8H2,1H3,(H3,14,15,19). The number of nitrogens with zero attached hydrogens (tertiary/aromatic N) is 2. The molecule has 1 aliphatic heterocycles. The van der Waals surface area contributed by atoms with Crippen molar-refractivity contribution in [2.24, 2.45) is 5.73 Å². The fourth-order valence-electron chi connectivity index (χ4n) is 2.28. The second-order valence-electron chi connectivity index (χ2n) is 5.02. The number of carbonyl (C=O) groups excluding carboxylic acids is 2. The molecule has 2 rings (SSSR count). The lowest BCUT2D eigenvalue weighted by molar-refractivity contribution is 0.0698. The molecule has 0 atom stereocenters. The molecule has 0 unspecified atom stereocenters. The summed E-state index contributed by atoms with van der Waals surface area (Å²) >= 11 is 0. The first-order valence-electron chi connectivity index (χ1n) is 6.68. The van der Waals surface area contributed by atoms with Crippen LogP contribution in [0.25, 0.3) is 0 Å². The van der Waals surface area contributed by atoms with Crippen LogP contribution in [0.4, 0.5) is 10.5 Å². The molecule has 9 heteroatoms. The van der Waals surface area contributed by atoms with Gasteiger partial charge in [0, 0.05) is 37.4 Å². The Morgan fingerprint density at radius 1 is 1.18 bits per heavy atom. The molecule has 120 valence electrons. The van der Waals surface area contributed by atoms with Gasteiger partial charge in [-0.25, -0.2) is 13.2 Å². The molecule has 0 aromatic heterocycles. The molecule has 3 N–H and O–H groups in total. The van der Waals surface area contributed by atoms with Crippen LogP contribution >= 0.6 is 0 Å². The van der Waals surface area contributed by atoms with Crippen molar-refractivity contribution in [2.75, 3.05) is 37.8 Å². The maximum atomic E-state index is 12.4. The number of nitrogens with one attached hydrogen (secondary N) is 1. The largest absolute Gasteiger partial charge is 0.351 e. The van der Waals surface area contributed by atoms with E-state index in [1.165, 1.54) is 10.4 Å². The molecule has 0 saturated carbocycles. The number of hydrogen-bond donors (Lipinski definition) is 2. The highest BCUT2D eigenvalue weighted by molar-refractivity contribution is 7.88. The van der Waals surface area contributed by atoms with Crippen LogP contribution in [0.2, 0.25) is 0 Å². The van der Waals surface area contributed by atoms with E-state index in [-0.39, 0.29) is 19.0 Å². The molecule has 0 spiro atoms. The van der Waals surface area contributed by atoms with E-state index in [9.17, 15) is 18.0 Å². The summed E-state index contributed by atoms with van der Waals surface area (Å²) in [6.45, 7) is 1.23. The summed E-state index contributed by atoms with van der Waals surface area (Å²) in [5.74, 6) is -0.207. The lowest BCUT2D eigenvalue weighted by Crippen LogP contribution is -2.50. The molecule has 1 heterocycles. The summed E-state index contributed by atoms with van der Waals surface area (Å²) < 4.78 is 24.3. The van der Waals surface area contributed by atoms with Crippen molar-refractivity contribution in [2.45, 2.75) is 0 Å². The Bertz CT molecular complexity index is 681. The molecular formula is C13H18N4O4S. The smallest absolute Gasteiger partial charge is 0.316 e. The zero-order valence-electron chi connectivity index (χ0n) is 12.2. The van der Waals surface area contributed by atoms with Crippen molar-refractivity contribution in [1.29, 1.82) is 0 Å². The van der Waals surface area contributed by atoms with Crippen molar-refractivity contribution in [3.05, 3.63) is 29.8 Å². The van der Waals surface area contributed by atoms with Gasteiger partial charge in [0.05, 0.1) is 6.26 Å². The normalized spacial score (nSPS) is 16.3. The number of nitrogens with two attached hydrogens (primary N) is 1. The van der Waals surface area contributed by atoms with Gasteiger partial charge < -0.3 is 16.0 Å². The first-order chi connectivity index (χ1) is 10.3. The number of piperazine rings is 1. The number of sulfonamides is 1. The fraction of sp³-hybridized carbons (Fsp3) is 0.385. The Hall–Kier alpha value is -2.13. The summed E-state index contributed by atoms with van der Waals surface area (Å²) in [4.78, 5) is 24.8. The Balaban J connectivity index is 2.05. The highest BCUT2D eigenvalue weighted by Crippen LogP contribution is 2.14. The molecule has 1 aromatic rings. The second-order valence-corrected chi connectivity index (χ2v) is 7.01. The minimum Gasteiger partial charge on any atom is -0.351 e. The predicted molar refractivity (Wildman–Crippen MR) is 82.0 cm³/mol. The predicted octanol–water partition coefficient (Wildman–Crippen LogP) is -0.105. The average molecular weight is 326 g/mol. The van der Waals surface area contributed by atoms with Crippen LogP contribution in [0.5, 0.6) is 0 Å². The van der Waals surface area contributed by atoms with Crippen LogP contribution < -0.4 is 11.1 Å². The molecule has 3 amide bonds. The van der Waals surface area contributed by atoms with E-state index < -0.39 is 16.1 Å². The van der Waals surface area contributed by atoms with Crippen molar-refractivity contribution < 1.29 is 18.0 Å². The van der Waals surface area contributed by atoms with E-state index in [4.69, 9.17) is 5.73 Å². The van der Waals surface area contributed by atoms with Crippen LogP contribution in [0.15, 0.2) is 24.3 Å². The molecule has 22 heavy (non-hydrogen) atoms. The number of carbonyl (C=O) groups is 2. The Kier molecular flexibility index (Phi) is 4.67. The Morgan fingerprint density at radius 3 is 2.36 bits per heavy atom. The number of primary amides is 1. The van der Waals surface area contributed by atoms with Crippen molar-refractivity contribution in [1.82, 2.24) is 9.21 Å². The third-order valence-corrected chi connectivity index (χ3v) is 4.68. The maximum Gasteiger partial charge on any atom is 0.316 e. The molecule has 0 bridgehead atoms.